The number of fused-ring (bicyclic) bond motifs is 5. The lowest BCUT2D eigenvalue weighted by Crippen LogP contribution is -2.47. The van der Waals surface area contributed by atoms with Crippen LogP contribution in [0.2, 0.25) is 0 Å². The van der Waals surface area contributed by atoms with E-state index in [1.165, 1.54) is 0 Å². The van der Waals surface area contributed by atoms with E-state index in [2.05, 4.69) is 14.8 Å². The van der Waals surface area contributed by atoms with Crippen LogP contribution in [0.3, 0.4) is 0 Å². The molecule has 5 heteroatoms. The highest BCUT2D eigenvalue weighted by atomic mass is 35.5. The van der Waals surface area contributed by atoms with E-state index in [1.54, 1.807) is 0 Å². The maximum absolute atomic E-state index is 12.6. The molecule has 0 bridgehead atoms. The van der Waals surface area contributed by atoms with E-state index in [9.17, 15) is 4.79 Å². The summed E-state index contributed by atoms with van der Waals surface area (Å²) >= 11 is 0. The molecule has 4 rings (SSSR count). The topological polar surface area (TPSA) is 35.9 Å². The Morgan fingerprint density at radius 2 is 2.05 bits per heavy atom. The Morgan fingerprint density at radius 3 is 2.95 bits per heavy atom. The molecule has 19 heavy (non-hydrogen) atoms. The van der Waals surface area contributed by atoms with Gasteiger partial charge < -0.3 is 9.80 Å². The van der Waals surface area contributed by atoms with Gasteiger partial charge in [-0.05, 0) is 25.0 Å². The monoisotopic (exact) mass is 277 g/mol. The molecule has 1 fully saturated rings. The number of carbonyl (C=O) groups is 1. The Labute approximate surface area is 118 Å². The van der Waals surface area contributed by atoms with Gasteiger partial charge in [0, 0.05) is 6.54 Å². The molecule has 2 atom stereocenters. The molecule has 0 N–H and O–H groups in total. The van der Waals surface area contributed by atoms with Crippen LogP contribution in [0.4, 0.5) is 5.69 Å². The highest BCUT2D eigenvalue weighted by Gasteiger charge is 2.43. The first kappa shape index (κ1) is 12.5. The number of halogens is 1. The predicted molar refractivity (Wildman–Crippen MR) is 77.4 cm³/mol. The number of amides is 1. The van der Waals surface area contributed by atoms with Gasteiger partial charge in [-0.3, -0.25) is 9.79 Å². The summed E-state index contributed by atoms with van der Waals surface area (Å²) in [4.78, 5) is 21.3. The first-order valence-electron chi connectivity index (χ1n) is 6.54. The van der Waals surface area contributed by atoms with E-state index in [1.807, 2.05) is 30.6 Å². The smallest absolute Gasteiger partial charge is 0.256 e. The van der Waals surface area contributed by atoms with E-state index in [4.69, 9.17) is 0 Å². The molecular weight excluding hydrogens is 262 g/mol. The Bertz CT molecular complexity index is 545. The Kier molecular flexibility index (Phi) is 2.97. The van der Waals surface area contributed by atoms with Crippen LogP contribution in [0.25, 0.3) is 0 Å². The van der Waals surface area contributed by atoms with Gasteiger partial charge in [0.2, 0.25) is 0 Å². The molecule has 2 unspecified atom stereocenters. The Balaban J connectivity index is 0.00000110. The quantitative estimate of drug-likeness (QED) is 0.727. The molecule has 1 aromatic rings. The van der Waals surface area contributed by atoms with Crippen LogP contribution in [0.1, 0.15) is 23.2 Å². The third kappa shape index (κ3) is 1.66. The van der Waals surface area contributed by atoms with Crippen molar-refractivity contribution in [3.05, 3.63) is 29.8 Å². The molecule has 0 saturated carbocycles. The first-order valence-corrected chi connectivity index (χ1v) is 6.54. The van der Waals surface area contributed by atoms with E-state index in [-0.39, 0.29) is 18.3 Å². The molecule has 100 valence electrons. The van der Waals surface area contributed by atoms with Gasteiger partial charge in [0.15, 0.2) is 0 Å². The van der Waals surface area contributed by atoms with E-state index >= 15 is 0 Å². The molecule has 3 heterocycles. The minimum atomic E-state index is 0. The molecule has 3 aliphatic rings. The molecule has 1 saturated heterocycles. The third-order valence-electron chi connectivity index (χ3n) is 4.27. The van der Waals surface area contributed by atoms with E-state index in [0.29, 0.717) is 12.1 Å². The first-order chi connectivity index (χ1) is 8.86. The fraction of sp³-hybridized carbons (Fsp3) is 0.429. The molecule has 0 aliphatic carbocycles. The normalized spacial score (nSPS) is 27.5. The van der Waals surface area contributed by atoms with Crippen molar-refractivity contribution < 1.29 is 4.79 Å². The number of aliphatic imine (C=N–C) groups is 1. The average Bonchev–Trinajstić information content (AvgIpc) is 3.04. The van der Waals surface area contributed by atoms with Gasteiger partial charge in [-0.25, -0.2) is 0 Å². The highest BCUT2D eigenvalue weighted by Crippen LogP contribution is 2.35. The summed E-state index contributed by atoms with van der Waals surface area (Å²) in [6.45, 7) is 1.70. The lowest BCUT2D eigenvalue weighted by Gasteiger charge is -2.30. The van der Waals surface area contributed by atoms with Crippen LogP contribution in [-0.2, 0) is 0 Å². The summed E-state index contributed by atoms with van der Waals surface area (Å²) in [5.41, 5.74) is 1.84. The van der Waals surface area contributed by atoms with Crippen molar-refractivity contribution in [2.45, 2.75) is 24.9 Å². The lowest BCUT2D eigenvalue weighted by atomic mass is 10.1. The number of anilines is 1. The predicted octanol–water partition coefficient (Wildman–Crippen LogP) is 1.94. The fourth-order valence-corrected chi connectivity index (χ4v) is 3.44. The SMILES string of the molecule is Cl.O=C1c2ccccc2N2C=NCC2C2CCCN12. The van der Waals surface area contributed by atoms with Gasteiger partial charge in [0.05, 0.1) is 36.2 Å². The molecule has 0 radical (unpaired) electrons. The van der Waals surface area contributed by atoms with Crippen molar-refractivity contribution in [2.24, 2.45) is 4.99 Å². The minimum absolute atomic E-state index is 0. The van der Waals surface area contributed by atoms with Crippen molar-refractivity contribution in [3.8, 4) is 0 Å². The second-order valence-corrected chi connectivity index (χ2v) is 5.18. The third-order valence-corrected chi connectivity index (χ3v) is 4.27. The number of hydrogen-bond acceptors (Lipinski definition) is 3. The van der Waals surface area contributed by atoms with Gasteiger partial charge in [0.1, 0.15) is 0 Å². The summed E-state index contributed by atoms with van der Waals surface area (Å²) in [5.74, 6) is 0.191. The molecule has 0 aromatic heterocycles. The standard InChI is InChI=1S/C14H15N3O.ClH/c18-14-10-4-1-2-5-11(10)17-9-15-8-13(17)12-6-3-7-16(12)14;/h1-2,4-5,9,12-13H,3,6-8H2;1H. The minimum Gasteiger partial charge on any atom is -0.333 e. The van der Waals surface area contributed by atoms with Crippen LogP contribution in [0.5, 0.6) is 0 Å². The van der Waals surface area contributed by atoms with Gasteiger partial charge in [0.25, 0.3) is 5.91 Å². The molecule has 1 aromatic carbocycles. The van der Waals surface area contributed by atoms with Crippen LogP contribution >= 0.6 is 12.4 Å². The second kappa shape index (κ2) is 4.53. The average molecular weight is 278 g/mol. The van der Waals surface area contributed by atoms with Crippen LogP contribution in [0.15, 0.2) is 29.3 Å². The van der Waals surface area contributed by atoms with Gasteiger partial charge in [-0.2, -0.15) is 0 Å². The highest BCUT2D eigenvalue weighted by molar-refractivity contribution is 6.04. The Hall–Kier alpha value is -1.55. The summed E-state index contributed by atoms with van der Waals surface area (Å²) in [5, 5.41) is 0. The summed E-state index contributed by atoms with van der Waals surface area (Å²) in [7, 11) is 0. The number of para-hydroxylation sites is 1. The fourth-order valence-electron chi connectivity index (χ4n) is 3.44. The number of carbonyl (C=O) groups excluding carboxylic acids is 1. The Morgan fingerprint density at radius 1 is 1.21 bits per heavy atom. The number of rotatable bonds is 0. The van der Waals surface area contributed by atoms with E-state index in [0.717, 1.165) is 37.2 Å². The van der Waals surface area contributed by atoms with Gasteiger partial charge >= 0.3 is 0 Å². The van der Waals surface area contributed by atoms with Gasteiger partial charge in [-0.15, -0.1) is 12.4 Å². The van der Waals surface area contributed by atoms with Crippen molar-refractivity contribution in [3.63, 3.8) is 0 Å². The van der Waals surface area contributed by atoms with Crippen molar-refractivity contribution >= 4 is 30.3 Å². The molecule has 0 spiro atoms. The summed E-state index contributed by atoms with van der Waals surface area (Å²) in [6, 6.07) is 8.55. The summed E-state index contributed by atoms with van der Waals surface area (Å²) < 4.78 is 0. The zero-order valence-electron chi connectivity index (χ0n) is 10.5. The zero-order chi connectivity index (χ0) is 12.1. The summed E-state index contributed by atoms with van der Waals surface area (Å²) in [6.07, 6.45) is 4.12. The number of nitrogens with zero attached hydrogens (tertiary/aromatic N) is 3. The van der Waals surface area contributed by atoms with Crippen molar-refractivity contribution in [1.29, 1.82) is 0 Å². The molecule has 3 aliphatic heterocycles. The zero-order valence-corrected chi connectivity index (χ0v) is 11.3. The van der Waals surface area contributed by atoms with Crippen LogP contribution in [-0.4, -0.2) is 42.3 Å². The second-order valence-electron chi connectivity index (χ2n) is 5.18. The van der Waals surface area contributed by atoms with Crippen LogP contribution in [0, 0.1) is 0 Å². The maximum atomic E-state index is 12.6. The lowest BCUT2D eigenvalue weighted by molar-refractivity contribution is 0.0732. The van der Waals surface area contributed by atoms with E-state index < -0.39 is 0 Å². The van der Waals surface area contributed by atoms with Gasteiger partial charge in [-0.1, -0.05) is 12.1 Å². The molecule has 4 nitrogen and oxygen atoms in total. The molecule has 1 amide bonds. The largest absolute Gasteiger partial charge is 0.333 e. The molecular formula is C14H16ClN3O. The number of benzene rings is 1. The van der Waals surface area contributed by atoms with Crippen molar-refractivity contribution in [2.75, 3.05) is 18.0 Å². The maximum Gasteiger partial charge on any atom is 0.256 e. The van der Waals surface area contributed by atoms with Crippen molar-refractivity contribution in [1.82, 2.24) is 4.90 Å². The number of hydrogen-bond donors (Lipinski definition) is 0. The van der Waals surface area contributed by atoms with Crippen LogP contribution < -0.4 is 4.90 Å².